The van der Waals surface area contributed by atoms with Crippen LogP contribution in [-0.2, 0) is 4.74 Å². The molecule has 2 aliphatic carbocycles. The SMILES string of the molecule is CC(OC(O)C(C)(CC(C)(C)C)C(C)(C)C)C1=C2CCCC(C2)C1. The third-order valence-electron chi connectivity index (χ3n) is 6.57. The van der Waals surface area contributed by atoms with Crippen molar-refractivity contribution in [2.45, 2.75) is 106 Å². The summed E-state index contributed by atoms with van der Waals surface area (Å²) in [6.07, 6.45) is 6.65. The number of rotatable bonds is 5. The van der Waals surface area contributed by atoms with Crippen LogP contribution in [0.15, 0.2) is 11.1 Å². The van der Waals surface area contributed by atoms with E-state index < -0.39 is 6.29 Å². The molecule has 2 rings (SSSR count). The van der Waals surface area contributed by atoms with E-state index in [0.29, 0.717) is 0 Å². The van der Waals surface area contributed by atoms with Crippen molar-refractivity contribution in [3.05, 3.63) is 11.1 Å². The zero-order valence-corrected chi connectivity index (χ0v) is 17.3. The predicted molar refractivity (Wildman–Crippen MR) is 102 cm³/mol. The van der Waals surface area contributed by atoms with Gasteiger partial charge in [-0.25, -0.2) is 0 Å². The second-order valence-electron chi connectivity index (χ2n) is 10.8. The van der Waals surface area contributed by atoms with Gasteiger partial charge in [-0.05, 0) is 67.8 Å². The first-order valence-electron chi connectivity index (χ1n) is 9.88. The van der Waals surface area contributed by atoms with Crippen molar-refractivity contribution in [1.29, 1.82) is 0 Å². The van der Waals surface area contributed by atoms with E-state index in [1.165, 1.54) is 37.7 Å². The highest BCUT2D eigenvalue weighted by Gasteiger charge is 2.47. The maximum atomic E-state index is 11.1. The molecule has 2 nitrogen and oxygen atoms in total. The summed E-state index contributed by atoms with van der Waals surface area (Å²) in [5.74, 6) is 0.843. The predicted octanol–water partition coefficient (Wildman–Crippen LogP) is 6.09. The van der Waals surface area contributed by atoms with Crippen molar-refractivity contribution in [1.82, 2.24) is 0 Å². The smallest absolute Gasteiger partial charge is 0.161 e. The van der Waals surface area contributed by atoms with Crippen LogP contribution in [0.25, 0.3) is 0 Å². The molecule has 2 heteroatoms. The van der Waals surface area contributed by atoms with Gasteiger partial charge >= 0.3 is 0 Å². The van der Waals surface area contributed by atoms with Gasteiger partial charge in [0.25, 0.3) is 0 Å². The van der Waals surface area contributed by atoms with Crippen LogP contribution in [0.3, 0.4) is 0 Å². The van der Waals surface area contributed by atoms with Gasteiger partial charge in [0.1, 0.15) is 0 Å². The second-order valence-corrected chi connectivity index (χ2v) is 10.8. The van der Waals surface area contributed by atoms with Crippen molar-refractivity contribution < 1.29 is 9.84 Å². The van der Waals surface area contributed by atoms with E-state index in [9.17, 15) is 5.11 Å². The van der Waals surface area contributed by atoms with Gasteiger partial charge in [-0.15, -0.1) is 0 Å². The van der Waals surface area contributed by atoms with E-state index in [1.807, 2.05) is 0 Å². The maximum absolute atomic E-state index is 11.1. The molecule has 0 aromatic heterocycles. The molecule has 1 N–H and O–H groups in total. The van der Waals surface area contributed by atoms with E-state index in [0.717, 1.165) is 12.3 Å². The first-order valence-corrected chi connectivity index (χ1v) is 9.88. The second kappa shape index (κ2) is 6.76. The van der Waals surface area contributed by atoms with Crippen molar-refractivity contribution in [3.63, 3.8) is 0 Å². The third-order valence-corrected chi connectivity index (χ3v) is 6.57. The fraction of sp³-hybridized carbons (Fsp3) is 0.909. The average Bonchev–Trinajstić information content (AvgIpc) is 2.70. The highest BCUT2D eigenvalue weighted by molar-refractivity contribution is 5.26. The lowest BCUT2D eigenvalue weighted by atomic mass is 9.61. The Balaban J connectivity index is 2.14. The largest absolute Gasteiger partial charge is 0.367 e. The monoisotopic (exact) mass is 336 g/mol. The Morgan fingerprint density at radius 1 is 1.08 bits per heavy atom. The van der Waals surface area contributed by atoms with E-state index >= 15 is 0 Å². The summed E-state index contributed by atoms with van der Waals surface area (Å²) in [7, 11) is 0. The molecule has 0 aliphatic heterocycles. The number of hydrogen-bond acceptors (Lipinski definition) is 2. The van der Waals surface area contributed by atoms with Gasteiger partial charge in [0, 0.05) is 5.41 Å². The van der Waals surface area contributed by atoms with Gasteiger partial charge in [0.15, 0.2) is 6.29 Å². The normalized spacial score (nSPS) is 27.1. The lowest BCUT2D eigenvalue weighted by molar-refractivity contribution is -0.224. The van der Waals surface area contributed by atoms with Gasteiger partial charge in [-0.3, -0.25) is 0 Å². The molecule has 0 radical (unpaired) electrons. The summed E-state index contributed by atoms with van der Waals surface area (Å²) >= 11 is 0. The van der Waals surface area contributed by atoms with Gasteiger partial charge < -0.3 is 9.84 Å². The van der Waals surface area contributed by atoms with Crippen LogP contribution in [0.2, 0.25) is 0 Å². The van der Waals surface area contributed by atoms with Crippen molar-refractivity contribution >= 4 is 0 Å². The van der Waals surface area contributed by atoms with Crippen LogP contribution in [-0.4, -0.2) is 17.5 Å². The van der Waals surface area contributed by atoms with Crippen LogP contribution in [0.5, 0.6) is 0 Å². The zero-order valence-electron chi connectivity index (χ0n) is 17.3. The standard InChI is InChI=1S/C22H40O2/c1-15(18-13-16-10-9-11-17(18)12-16)24-19(23)22(8,21(5,6)7)14-20(2,3)4/h15-16,19,23H,9-14H2,1-8H3. The van der Waals surface area contributed by atoms with Crippen LogP contribution in [0.4, 0.5) is 0 Å². The molecule has 1 saturated carbocycles. The fourth-order valence-electron chi connectivity index (χ4n) is 4.78. The van der Waals surface area contributed by atoms with Crippen molar-refractivity contribution in [2.24, 2.45) is 22.2 Å². The molecule has 0 amide bonds. The van der Waals surface area contributed by atoms with E-state index in [-0.39, 0.29) is 22.3 Å². The van der Waals surface area contributed by atoms with E-state index in [1.54, 1.807) is 5.57 Å². The van der Waals surface area contributed by atoms with Crippen molar-refractivity contribution in [3.8, 4) is 0 Å². The summed E-state index contributed by atoms with van der Waals surface area (Å²) in [6.45, 7) is 17.8. The molecule has 4 atom stereocenters. The summed E-state index contributed by atoms with van der Waals surface area (Å²) < 4.78 is 6.28. The van der Waals surface area contributed by atoms with Crippen LogP contribution in [0.1, 0.15) is 93.9 Å². The highest BCUT2D eigenvalue weighted by atomic mass is 16.6. The summed E-state index contributed by atoms with van der Waals surface area (Å²) in [5, 5.41) is 11.1. The molecule has 0 aromatic rings. The quantitative estimate of drug-likeness (QED) is 0.486. The molecule has 0 saturated heterocycles. The lowest BCUT2D eigenvalue weighted by Gasteiger charge is -2.48. The highest BCUT2D eigenvalue weighted by Crippen LogP contribution is 2.50. The molecule has 0 spiro atoms. The Labute approximate surface area is 150 Å². The Morgan fingerprint density at radius 2 is 1.71 bits per heavy atom. The number of aliphatic hydroxyl groups is 1. The Kier molecular flexibility index (Phi) is 5.63. The first kappa shape index (κ1) is 20.0. The Morgan fingerprint density at radius 3 is 2.21 bits per heavy atom. The number of ether oxygens (including phenoxy) is 1. The summed E-state index contributed by atoms with van der Waals surface area (Å²) in [6, 6.07) is 0. The molecule has 2 bridgehead atoms. The van der Waals surface area contributed by atoms with Crippen molar-refractivity contribution in [2.75, 3.05) is 0 Å². The van der Waals surface area contributed by atoms with E-state index in [2.05, 4.69) is 55.4 Å². The summed E-state index contributed by atoms with van der Waals surface area (Å²) in [5.41, 5.74) is 2.96. The van der Waals surface area contributed by atoms with Gasteiger partial charge in [0.05, 0.1) is 6.10 Å². The van der Waals surface area contributed by atoms with Crippen LogP contribution in [0, 0.1) is 22.2 Å². The molecule has 2 aliphatic rings. The Bertz CT molecular complexity index is 477. The van der Waals surface area contributed by atoms with Crippen LogP contribution < -0.4 is 0 Å². The van der Waals surface area contributed by atoms with Gasteiger partial charge in [-0.2, -0.15) is 0 Å². The molecule has 0 aromatic carbocycles. The average molecular weight is 337 g/mol. The molecular weight excluding hydrogens is 296 g/mol. The lowest BCUT2D eigenvalue weighted by Crippen LogP contribution is -2.48. The molecule has 24 heavy (non-hydrogen) atoms. The molecular formula is C22H40O2. The number of hydrogen-bond donors (Lipinski definition) is 1. The minimum atomic E-state index is -0.736. The molecule has 4 unspecified atom stereocenters. The third kappa shape index (κ3) is 4.25. The summed E-state index contributed by atoms with van der Waals surface area (Å²) in [4.78, 5) is 0. The minimum Gasteiger partial charge on any atom is -0.367 e. The van der Waals surface area contributed by atoms with Crippen LogP contribution >= 0.6 is 0 Å². The first-order chi connectivity index (χ1) is 10.8. The molecule has 1 fully saturated rings. The topological polar surface area (TPSA) is 29.5 Å². The minimum absolute atomic E-state index is 0.0250. The zero-order chi connectivity index (χ0) is 18.3. The number of aliphatic hydroxyl groups excluding tert-OH is 1. The molecule has 0 heterocycles. The van der Waals surface area contributed by atoms with E-state index in [4.69, 9.17) is 4.74 Å². The fourth-order valence-corrected chi connectivity index (χ4v) is 4.78. The number of allylic oxidation sites excluding steroid dienone is 1. The van der Waals surface area contributed by atoms with Gasteiger partial charge in [-0.1, -0.05) is 54.0 Å². The molecule has 140 valence electrons. The number of fused-ring (bicyclic) bond motifs is 2. The Hall–Kier alpha value is -0.340. The maximum Gasteiger partial charge on any atom is 0.161 e. The van der Waals surface area contributed by atoms with Gasteiger partial charge in [0.2, 0.25) is 0 Å².